The highest BCUT2D eigenvalue weighted by Crippen LogP contribution is 2.38. The van der Waals surface area contributed by atoms with Gasteiger partial charge in [0.25, 0.3) is 5.91 Å². The van der Waals surface area contributed by atoms with Gasteiger partial charge in [-0.05, 0) is 62.7 Å². The number of carbonyl (C=O) groups excluding carboxylic acids is 1. The highest BCUT2D eigenvalue weighted by molar-refractivity contribution is 6.12. The van der Waals surface area contributed by atoms with Gasteiger partial charge in [-0.1, -0.05) is 35.9 Å². The summed E-state index contributed by atoms with van der Waals surface area (Å²) in [7, 11) is 1.58. The topological polar surface area (TPSA) is 103 Å². The molecular weight excluding hydrogens is 470 g/mol. The van der Waals surface area contributed by atoms with Crippen molar-refractivity contribution in [3.63, 3.8) is 0 Å². The Hall–Kier alpha value is -4.66. The average molecular weight is 498 g/mol. The first kappa shape index (κ1) is 24.1. The van der Waals surface area contributed by atoms with E-state index in [0.717, 1.165) is 28.1 Å². The number of benzene rings is 3. The van der Waals surface area contributed by atoms with Crippen LogP contribution in [0.25, 0.3) is 0 Å². The maximum Gasteiger partial charge on any atom is 0.312 e. The summed E-state index contributed by atoms with van der Waals surface area (Å²) >= 11 is 0. The normalized spacial score (nSPS) is 14.8. The second-order valence-electron chi connectivity index (χ2n) is 9.11. The molecule has 1 aliphatic heterocycles. The third-order valence-electron chi connectivity index (χ3n) is 6.71. The molecular formula is C28H27N5O4. The molecule has 1 atom stereocenters. The molecule has 9 heteroatoms. The Labute approximate surface area is 214 Å². The van der Waals surface area contributed by atoms with Crippen LogP contribution in [-0.4, -0.2) is 27.7 Å². The number of nitro groups is 1. The van der Waals surface area contributed by atoms with Crippen molar-refractivity contribution < 1.29 is 14.5 Å². The number of hydrogen-bond donors (Lipinski definition) is 1. The SMILES string of the molecule is COc1ccc([C@@H]2Nc3ccccc3C(=O)N2c2ccc(C)cc2)cc1Cn1nc(C)c([N+](=O)[O-])c1C. The number of para-hydroxylation sites is 1. The second-order valence-corrected chi connectivity index (χ2v) is 9.11. The molecule has 1 N–H and O–H groups in total. The average Bonchev–Trinajstić information content (AvgIpc) is 3.17. The molecule has 4 aromatic rings. The molecule has 37 heavy (non-hydrogen) atoms. The molecule has 0 bridgehead atoms. The zero-order valence-corrected chi connectivity index (χ0v) is 21.1. The fourth-order valence-corrected chi connectivity index (χ4v) is 4.82. The number of nitrogens with one attached hydrogen (secondary N) is 1. The lowest BCUT2D eigenvalue weighted by Crippen LogP contribution is -2.43. The molecule has 0 unspecified atom stereocenters. The number of ether oxygens (including phenoxy) is 1. The highest BCUT2D eigenvalue weighted by Gasteiger charge is 2.34. The molecule has 0 spiro atoms. The fourth-order valence-electron chi connectivity index (χ4n) is 4.82. The Kier molecular flexibility index (Phi) is 6.12. The van der Waals surface area contributed by atoms with Crippen molar-refractivity contribution >= 4 is 23.0 Å². The van der Waals surface area contributed by atoms with E-state index >= 15 is 0 Å². The van der Waals surface area contributed by atoms with Crippen molar-refractivity contribution in [2.45, 2.75) is 33.5 Å². The summed E-state index contributed by atoms with van der Waals surface area (Å²) in [5, 5.41) is 19.4. The predicted octanol–water partition coefficient (Wildman–Crippen LogP) is 5.54. The van der Waals surface area contributed by atoms with E-state index in [-0.39, 0.29) is 18.1 Å². The van der Waals surface area contributed by atoms with Gasteiger partial charge in [-0.15, -0.1) is 0 Å². The van der Waals surface area contributed by atoms with Gasteiger partial charge >= 0.3 is 5.69 Å². The van der Waals surface area contributed by atoms with E-state index < -0.39 is 11.1 Å². The summed E-state index contributed by atoms with van der Waals surface area (Å²) in [5.41, 5.74) is 5.70. The van der Waals surface area contributed by atoms with Crippen LogP contribution in [0.4, 0.5) is 17.1 Å². The van der Waals surface area contributed by atoms with Crippen LogP contribution >= 0.6 is 0 Å². The number of methoxy groups -OCH3 is 1. The Morgan fingerprint density at radius 1 is 1.05 bits per heavy atom. The molecule has 1 amide bonds. The Morgan fingerprint density at radius 3 is 2.46 bits per heavy atom. The van der Waals surface area contributed by atoms with Gasteiger partial charge in [-0.2, -0.15) is 5.10 Å². The molecule has 0 saturated heterocycles. The van der Waals surface area contributed by atoms with Gasteiger partial charge < -0.3 is 10.1 Å². The smallest absolute Gasteiger partial charge is 0.312 e. The van der Waals surface area contributed by atoms with Crippen LogP contribution in [0.2, 0.25) is 0 Å². The maximum atomic E-state index is 13.7. The zero-order valence-electron chi connectivity index (χ0n) is 21.1. The van der Waals surface area contributed by atoms with E-state index in [9.17, 15) is 14.9 Å². The molecule has 188 valence electrons. The number of carbonyl (C=O) groups is 1. The predicted molar refractivity (Wildman–Crippen MR) is 141 cm³/mol. The van der Waals surface area contributed by atoms with Gasteiger partial charge in [0.15, 0.2) is 0 Å². The number of nitrogens with zero attached hydrogens (tertiary/aromatic N) is 4. The molecule has 5 rings (SSSR count). The lowest BCUT2D eigenvalue weighted by atomic mass is 10.0. The molecule has 0 aliphatic carbocycles. The minimum absolute atomic E-state index is 0.0109. The molecule has 1 aromatic heterocycles. The van der Waals surface area contributed by atoms with Gasteiger partial charge in [0.1, 0.15) is 23.3 Å². The number of anilines is 2. The number of amides is 1. The maximum absolute atomic E-state index is 13.7. The Balaban J connectivity index is 1.60. The van der Waals surface area contributed by atoms with E-state index in [4.69, 9.17) is 4.74 Å². The fraction of sp³-hybridized carbons (Fsp3) is 0.214. The van der Waals surface area contributed by atoms with Gasteiger partial charge in [0, 0.05) is 16.9 Å². The monoisotopic (exact) mass is 497 g/mol. The van der Waals surface area contributed by atoms with Crippen LogP contribution in [0.15, 0.2) is 66.7 Å². The largest absolute Gasteiger partial charge is 0.496 e. The van der Waals surface area contributed by atoms with Crippen LogP contribution in [0, 0.1) is 30.9 Å². The number of rotatable bonds is 6. The van der Waals surface area contributed by atoms with Crippen molar-refractivity contribution in [1.29, 1.82) is 0 Å². The van der Waals surface area contributed by atoms with E-state index in [1.54, 1.807) is 30.5 Å². The first-order valence-electron chi connectivity index (χ1n) is 11.9. The summed E-state index contributed by atoms with van der Waals surface area (Å²) in [5.74, 6) is 0.526. The van der Waals surface area contributed by atoms with Crippen molar-refractivity contribution in [3.8, 4) is 5.75 Å². The molecule has 0 radical (unpaired) electrons. The third-order valence-corrected chi connectivity index (χ3v) is 6.71. The van der Waals surface area contributed by atoms with Crippen molar-refractivity contribution in [2.24, 2.45) is 0 Å². The van der Waals surface area contributed by atoms with E-state index in [1.807, 2.05) is 73.7 Å². The number of hydrogen-bond acceptors (Lipinski definition) is 6. The van der Waals surface area contributed by atoms with Crippen molar-refractivity contribution in [2.75, 3.05) is 17.3 Å². The summed E-state index contributed by atoms with van der Waals surface area (Å²) in [4.78, 5) is 26.6. The van der Waals surface area contributed by atoms with Gasteiger partial charge in [-0.3, -0.25) is 24.5 Å². The summed E-state index contributed by atoms with van der Waals surface area (Å²) in [6.45, 7) is 5.60. The lowest BCUT2D eigenvalue weighted by molar-refractivity contribution is -0.386. The van der Waals surface area contributed by atoms with Crippen LogP contribution in [0.1, 0.15) is 44.6 Å². The van der Waals surface area contributed by atoms with E-state index in [0.29, 0.717) is 22.7 Å². The Morgan fingerprint density at radius 2 is 1.78 bits per heavy atom. The zero-order chi connectivity index (χ0) is 26.3. The van der Waals surface area contributed by atoms with Crippen LogP contribution in [0.3, 0.4) is 0 Å². The standard InChI is InChI=1S/C28H27N5O4/c1-17-9-12-22(13-10-17)32-27(29-24-8-6-5-7-23(24)28(32)34)20-11-14-25(37-4)21(15-20)16-31-19(3)26(33(35)36)18(2)30-31/h5-15,27,29H,16H2,1-4H3/t27-/m1/s1. The molecule has 0 saturated carbocycles. The molecule has 3 aromatic carbocycles. The molecule has 1 aliphatic rings. The summed E-state index contributed by atoms with van der Waals surface area (Å²) in [6, 6.07) is 21.0. The second kappa shape index (κ2) is 9.42. The van der Waals surface area contributed by atoms with Crippen molar-refractivity contribution in [3.05, 3.63) is 110 Å². The van der Waals surface area contributed by atoms with E-state index in [1.165, 1.54) is 0 Å². The van der Waals surface area contributed by atoms with Gasteiger partial charge in [0.05, 0.1) is 24.1 Å². The quantitative estimate of drug-likeness (QED) is 0.277. The van der Waals surface area contributed by atoms with Crippen LogP contribution in [0.5, 0.6) is 5.75 Å². The first-order chi connectivity index (χ1) is 17.8. The lowest BCUT2D eigenvalue weighted by Gasteiger charge is -2.38. The van der Waals surface area contributed by atoms with Crippen LogP contribution < -0.4 is 15.0 Å². The number of fused-ring (bicyclic) bond motifs is 1. The number of aromatic nitrogens is 2. The minimum Gasteiger partial charge on any atom is -0.496 e. The third kappa shape index (κ3) is 4.29. The first-order valence-corrected chi connectivity index (χ1v) is 11.9. The van der Waals surface area contributed by atoms with Gasteiger partial charge in [0.2, 0.25) is 0 Å². The molecule has 2 heterocycles. The molecule has 9 nitrogen and oxygen atoms in total. The summed E-state index contributed by atoms with van der Waals surface area (Å²) in [6.07, 6.45) is -0.482. The van der Waals surface area contributed by atoms with Crippen molar-refractivity contribution in [1.82, 2.24) is 9.78 Å². The number of aryl methyl sites for hydroxylation is 2. The Bertz CT molecular complexity index is 1510. The summed E-state index contributed by atoms with van der Waals surface area (Å²) < 4.78 is 7.22. The highest BCUT2D eigenvalue weighted by atomic mass is 16.6. The van der Waals surface area contributed by atoms with E-state index in [2.05, 4.69) is 10.4 Å². The molecule has 0 fully saturated rings. The van der Waals surface area contributed by atoms with Crippen LogP contribution in [-0.2, 0) is 6.54 Å². The minimum atomic E-state index is -0.482. The van der Waals surface area contributed by atoms with Gasteiger partial charge in [-0.25, -0.2) is 0 Å².